The van der Waals surface area contributed by atoms with E-state index in [1.54, 1.807) is 12.0 Å². The van der Waals surface area contributed by atoms with Gasteiger partial charge in [0.1, 0.15) is 5.75 Å². The SMILES string of the molecule is COc1ccccc1CN(CCO)C(=O)NCC(C)C. The fraction of sp³-hybridized carbons (Fsp3) is 0.533. The summed E-state index contributed by atoms with van der Waals surface area (Å²) in [5.74, 6) is 1.13. The number of amides is 2. The molecule has 2 amide bonds. The first kappa shape index (κ1) is 16.3. The minimum absolute atomic E-state index is 0.0652. The second kappa shape index (κ2) is 8.43. The minimum atomic E-state index is -0.168. The van der Waals surface area contributed by atoms with Crippen molar-refractivity contribution in [2.75, 3.05) is 26.8 Å². The van der Waals surface area contributed by atoms with Crippen molar-refractivity contribution >= 4 is 6.03 Å². The number of carbonyl (C=O) groups excluding carboxylic acids is 1. The van der Waals surface area contributed by atoms with Crippen LogP contribution in [0.15, 0.2) is 24.3 Å². The summed E-state index contributed by atoms with van der Waals surface area (Å²) in [6, 6.07) is 7.40. The van der Waals surface area contributed by atoms with Crippen LogP contribution in [-0.4, -0.2) is 42.8 Å². The number of hydrogen-bond acceptors (Lipinski definition) is 3. The summed E-state index contributed by atoms with van der Waals surface area (Å²) < 4.78 is 5.28. The number of carbonyl (C=O) groups is 1. The quantitative estimate of drug-likeness (QED) is 0.801. The normalized spacial score (nSPS) is 10.4. The fourth-order valence-corrected chi connectivity index (χ4v) is 1.82. The van der Waals surface area contributed by atoms with Gasteiger partial charge in [0.05, 0.1) is 20.3 Å². The van der Waals surface area contributed by atoms with Crippen molar-refractivity contribution in [3.8, 4) is 5.75 Å². The van der Waals surface area contributed by atoms with Gasteiger partial charge >= 0.3 is 6.03 Å². The van der Waals surface area contributed by atoms with Gasteiger partial charge in [0.15, 0.2) is 0 Å². The lowest BCUT2D eigenvalue weighted by Crippen LogP contribution is -2.42. The highest BCUT2D eigenvalue weighted by Crippen LogP contribution is 2.19. The zero-order chi connectivity index (χ0) is 15.0. The molecule has 0 fully saturated rings. The summed E-state index contributed by atoms with van der Waals surface area (Å²) in [5, 5.41) is 12.0. The van der Waals surface area contributed by atoms with Crippen LogP contribution in [0.1, 0.15) is 19.4 Å². The number of aliphatic hydroxyl groups is 1. The van der Waals surface area contributed by atoms with Crippen LogP contribution >= 0.6 is 0 Å². The van der Waals surface area contributed by atoms with E-state index in [4.69, 9.17) is 9.84 Å². The smallest absolute Gasteiger partial charge is 0.317 e. The third kappa shape index (κ3) is 5.09. The van der Waals surface area contributed by atoms with Crippen LogP contribution in [0.4, 0.5) is 4.79 Å². The number of methoxy groups -OCH3 is 1. The fourth-order valence-electron chi connectivity index (χ4n) is 1.82. The lowest BCUT2D eigenvalue weighted by Gasteiger charge is -2.23. The zero-order valence-electron chi connectivity index (χ0n) is 12.4. The number of aliphatic hydroxyl groups excluding tert-OH is 1. The molecular weight excluding hydrogens is 256 g/mol. The molecule has 0 aliphatic rings. The van der Waals surface area contributed by atoms with Crippen LogP contribution in [0.25, 0.3) is 0 Å². The van der Waals surface area contributed by atoms with Crippen LogP contribution in [0.5, 0.6) is 5.75 Å². The Bertz CT molecular complexity index is 421. The van der Waals surface area contributed by atoms with E-state index in [9.17, 15) is 4.79 Å². The number of rotatable bonds is 7. The molecule has 112 valence electrons. The average Bonchev–Trinajstić information content (AvgIpc) is 2.44. The van der Waals surface area contributed by atoms with Crippen LogP contribution in [-0.2, 0) is 6.54 Å². The summed E-state index contributed by atoms with van der Waals surface area (Å²) in [6.07, 6.45) is 0. The Morgan fingerprint density at radius 2 is 2.10 bits per heavy atom. The van der Waals surface area contributed by atoms with Gasteiger partial charge in [0, 0.05) is 18.7 Å². The van der Waals surface area contributed by atoms with E-state index in [2.05, 4.69) is 5.32 Å². The molecule has 1 rings (SSSR count). The largest absolute Gasteiger partial charge is 0.496 e. The number of para-hydroxylation sites is 1. The molecule has 0 spiro atoms. The van der Waals surface area contributed by atoms with Gasteiger partial charge in [-0.2, -0.15) is 0 Å². The molecule has 2 N–H and O–H groups in total. The van der Waals surface area contributed by atoms with Crippen molar-refractivity contribution in [3.63, 3.8) is 0 Å². The van der Waals surface area contributed by atoms with Crippen LogP contribution in [0.3, 0.4) is 0 Å². The Kier molecular flexibility index (Phi) is 6.87. The number of benzene rings is 1. The Morgan fingerprint density at radius 1 is 1.40 bits per heavy atom. The van der Waals surface area contributed by atoms with Crippen LogP contribution in [0, 0.1) is 5.92 Å². The maximum Gasteiger partial charge on any atom is 0.317 e. The second-order valence-electron chi connectivity index (χ2n) is 5.04. The molecule has 0 aliphatic carbocycles. The molecular formula is C15H24N2O3. The number of urea groups is 1. The second-order valence-corrected chi connectivity index (χ2v) is 5.04. The van der Waals surface area contributed by atoms with Gasteiger partial charge in [-0.1, -0.05) is 32.0 Å². The first-order valence-electron chi connectivity index (χ1n) is 6.84. The Labute approximate surface area is 120 Å². The highest BCUT2D eigenvalue weighted by molar-refractivity contribution is 5.74. The van der Waals surface area contributed by atoms with Gasteiger partial charge in [0.2, 0.25) is 0 Å². The van der Waals surface area contributed by atoms with Gasteiger partial charge in [-0.25, -0.2) is 4.79 Å². The van der Waals surface area contributed by atoms with E-state index in [-0.39, 0.29) is 12.6 Å². The highest BCUT2D eigenvalue weighted by Gasteiger charge is 2.15. The van der Waals surface area contributed by atoms with Crippen molar-refractivity contribution in [2.45, 2.75) is 20.4 Å². The molecule has 20 heavy (non-hydrogen) atoms. The first-order valence-corrected chi connectivity index (χ1v) is 6.84. The maximum absolute atomic E-state index is 12.1. The third-order valence-corrected chi connectivity index (χ3v) is 2.87. The topological polar surface area (TPSA) is 61.8 Å². The molecule has 5 heteroatoms. The van der Waals surface area contributed by atoms with E-state index in [1.807, 2.05) is 38.1 Å². The number of nitrogens with zero attached hydrogens (tertiary/aromatic N) is 1. The van der Waals surface area contributed by atoms with E-state index >= 15 is 0 Å². The highest BCUT2D eigenvalue weighted by atomic mass is 16.5. The molecule has 1 aromatic carbocycles. The summed E-state index contributed by atoms with van der Waals surface area (Å²) >= 11 is 0. The number of hydrogen-bond donors (Lipinski definition) is 2. The van der Waals surface area contributed by atoms with Gasteiger partial charge in [-0.05, 0) is 12.0 Å². The summed E-state index contributed by atoms with van der Waals surface area (Å²) in [5.41, 5.74) is 0.920. The van der Waals surface area contributed by atoms with E-state index in [1.165, 1.54) is 0 Å². The Hall–Kier alpha value is -1.75. The third-order valence-electron chi connectivity index (χ3n) is 2.87. The molecule has 0 aliphatic heterocycles. The predicted molar refractivity (Wildman–Crippen MR) is 78.7 cm³/mol. The molecule has 0 bridgehead atoms. The van der Waals surface area contributed by atoms with Gasteiger partial charge in [0.25, 0.3) is 0 Å². The zero-order valence-corrected chi connectivity index (χ0v) is 12.4. The van der Waals surface area contributed by atoms with Crippen molar-refractivity contribution in [3.05, 3.63) is 29.8 Å². The molecule has 0 atom stereocenters. The standard InChI is InChI=1S/C15H24N2O3/c1-12(2)10-16-15(19)17(8-9-18)11-13-6-4-5-7-14(13)20-3/h4-7,12,18H,8-11H2,1-3H3,(H,16,19). The van der Waals surface area contributed by atoms with E-state index < -0.39 is 0 Å². The number of ether oxygens (including phenoxy) is 1. The molecule has 1 aromatic rings. The van der Waals surface area contributed by atoms with E-state index in [0.717, 1.165) is 11.3 Å². The van der Waals surface area contributed by atoms with Crippen molar-refractivity contribution in [1.29, 1.82) is 0 Å². The molecule has 0 radical (unpaired) electrons. The Morgan fingerprint density at radius 3 is 2.70 bits per heavy atom. The first-order chi connectivity index (χ1) is 9.58. The molecule has 0 aromatic heterocycles. The van der Waals surface area contributed by atoms with Crippen LogP contribution in [0.2, 0.25) is 0 Å². The summed E-state index contributed by atoms with van der Waals surface area (Å²) in [7, 11) is 1.61. The molecule has 0 saturated heterocycles. The van der Waals surface area contributed by atoms with Gasteiger partial charge < -0.3 is 20.1 Å². The lowest BCUT2D eigenvalue weighted by molar-refractivity contribution is 0.172. The average molecular weight is 280 g/mol. The molecule has 5 nitrogen and oxygen atoms in total. The maximum atomic E-state index is 12.1. The summed E-state index contributed by atoms with van der Waals surface area (Å²) in [6.45, 7) is 5.33. The molecule has 0 saturated carbocycles. The predicted octanol–water partition coefficient (Wildman–Crippen LogP) is 1.86. The summed E-state index contributed by atoms with van der Waals surface area (Å²) in [4.78, 5) is 13.7. The number of nitrogens with one attached hydrogen (secondary N) is 1. The van der Waals surface area contributed by atoms with Crippen LogP contribution < -0.4 is 10.1 Å². The minimum Gasteiger partial charge on any atom is -0.496 e. The van der Waals surface area contributed by atoms with Crippen molar-refractivity contribution in [1.82, 2.24) is 10.2 Å². The van der Waals surface area contributed by atoms with Gasteiger partial charge in [-0.15, -0.1) is 0 Å². The molecule has 0 unspecified atom stereocenters. The molecule has 0 heterocycles. The van der Waals surface area contributed by atoms with E-state index in [0.29, 0.717) is 25.6 Å². The Balaban J connectivity index is 2.73. The van der Waals surface area contributed by atoms with Gasteiger partial charge in [-0.3, -0.25) is 0 Å². The lowest BCUT2D eigenvalue weighted by atomic mass is 10.2. The van der Waals surface area contributed by atoms with Crippen molar-refractivity contribution < 1.29 is 14.6 Å². The van der Waals surface area contributed by atoms with Crippen molar-refractivity contribution in [2.24, 2.45) is 5.92 Å². The monoisotopic (exact) mass is 280 g/mol.